The molecule has 20 heavy (non-hydrogen) atoms. The van der Waals surface area contributed by atoms with Gasteiger partial charge in [-0.25, -0.2) is 0 Å². The maximum atomic E-state index is 11.2. The van der Waals surface area contributed by atoms with E-state index in [-0.39, 0.29) is 12.5 Å². The third-order valence-electron chi connectivity index (χ3n) is 3.10. The summed E-state index contributed by atoms with van der Waals surface area (Å²) in [6.07, 6.45) is 4.00. The van der Waals surface area contributed by atoms with Crippen LogP contribution < -0.4 is 0 Å². The molecule has 1 fully saturated rings. The number of rotatable bonds is 8. The highest BCUT2D eigenvalue weighted by Gasteiger charge is 2.09. The largest absolute Gasteiger partial charge is 0.378 e. The summed E-state index contributed by atoms with van der Waals surface area (Å²) < 4.78 is 10.7. The lowest BCUT2D eigenvalue weighted by Crippen LogP contribution is -2.33. The number of amides is 1. The van der Waals surface area contributed by atoms with E-state index in [9.17, 15) is 4.79 Å². The maximum Gasteiger partial charge on any atom is 0.248 e. The highest BCUT2D eigenvalue weighted by Crippen LogP contribution is 2.07. The molecule has 0 aliphatic carbocycles. The van der Waals surface area contributed by atoms with Gasteiger partial charge in [-0.2, -0.15) is 0 Å². The van der Waals surface area contributed by atoms with Crippen LogP contribution in [0.25, 0.3) is 0 Å². The molecule has 1 amide bonds. The fraction of sp³-hybridized carbons (Fsp3) is 0.933. The van der Waals surface area contributed by atoms with Crippen LogP contribution in [0.3, 0.4) is 0 Å². The Bertz CT molecular complexity index is 229. The van der Waals surface area contributed by atoms with Crippen molar-refractivity contribution in [1.82, 2.24) is 9.80 Å². The maximum absolute atomic E-state index is 11.2. The van der Waals surface area contributed by atoms with Crippen LogP contribution in [0.15, 0.2) is 0 Å². The Labute approximate surface area is 124 Å². The standard InChI is InChI=1S/C13H26N2O3.C2H6/c1-14(2)13(16)12-18-11-10-17-9-8-15-6-4-3-5-7-15;1-2/h3-12H2,1-2H3;1-2H3. The zero-order valence-electron chi connectivity index (χ0n) is 13.7. The van der Waals surface area contributed by atoms with Gasteiger partial charge >= 0.3 is 0 Å². The Hall–Kier alpha value is -0.650. The lowest BCUT2D eigenvalue weighted by molar-refractivity contribution is -0.134. The molecule has 1 saturated heterocycles. The topological polar surface area (TPSA) is 42.0 Å². The van der Waals surface area contributed by atoms with E-state index in [1.165, 1.54) is 37.3 Å². The second-order valence-corrected chi connectivity index (χ2v) is 4.86. The van der Waals surface area contributed by atoms with Gasteiger partial charge in [0.25, 0.3) is 0 Å². The van der Waals surface area contributed by atoms with Crippen LogP contribution in [0.1, 0.15) is 33.1 Å². The Balaban J connectivity index is 0.00000172. The minimum absolute atomic E-state index is 0.0108. The van der Waals surface area contributed by atoms with Crippen LogP contribution in [0.5, 0.6) is 0 Å². The first-order valence-electron chi connectivity index (χ1n) is 7.78. The summed E-state index contributed by atoms with van der Waals surface area (Å²) in [6.45, 7) is 9.37. The number of likely N-dealkylation sites (N-methyl/N-ethyl adjacent to an activating group) is 1. The van der Waals surface area contributed by atoms with Gasteiger partial charge in [0.05, 0.1) is 19.8 Å². The first-order valence-corrected chi connectivity index (χ1v) is 7.78. The van der Waals surface area contributed by atoms with Gasteiger partial charge in [0.2, 0.25) is 5.91 Å². The highest BCUT2D eigenvalue weighted by atomic mass is 16.5. The third kappa shape index (κ3) is 10.2. The number of hydrogen-bond acceptors (Lipinski definition) is 4. The van der Waals surface area contributed by atoms with Gasteiger partial charge in [-0.3, -0.25) is 4.79 Å². The monoisotopic (exact) mass is 288 g/mol. The molecule has 5 heteroatoms. The average molecular weight is 288 g/mol. The molecule has 0 N–H and O–H groups in total. The molecule has 0 bridgehead atoms. The second kappa shape index (κ2) is 13.3. The van der Waals surface area contributed by atoms with Crippen molar-refractivity contribution in [3.63, 3.8) is 0 Å². The van der Waals surface area contributed by atoms with Crippen molar-refractivity contribution in [2.45, 2.75) is 33.1 Å². The second-order valence-electron chi connectivity index (χ2n) is 4.86. The van der Waals surface area contributed by atoms with E-state index in [0.29, 0.717) is 13.2 Å². The number of likely N-dealkylation sites (tertiary alicyclic amines) is 1. The molecule has 0 atom stereocenters. The van der Waals surface area contributed by atoms with Crippen molar-refractivity contribution >= 4 is 5.91 Å². The summed E-state index contributed by atoms with van der Waals surface area (Å²) in [5.74, 6) is -0.0108. The molecule has 1 rings (SSSR count). The van der Waals surface area contributed by atoms with E-state index >= 15 is 0 Å². The van der Waals surface area contributed by atoms with Crippen LogP contribution in [0.4, 0.5) is 0 Å². The normalized spacial score (nSPS) is 15.4. The van der Waals surface area contributed by atoms with Crippen molar-refractivity contribution in [3.8, 4) is 0 Å². The Morgan fingerprint density at radius 3 is 2.20 bits per heavy atom. The molecule has 0 saturated carbocycles. The Morgan fingerprint density at radius 1 is 1.00 bits per heavy atom. The SMILES string of the molecule is CC.CN(C)C(=O)COCCOCCN1CCCCC1. The molecule has 0 aromatic heterocycles. The number of hydrogen-bond donors (Lipinski definition) is 0. The van der Waals surface area contributed by atoms with Crippen LogP contribution in [0, 0.1) is 0 Å². The van der Waals surface area contributed by atoms with Crippen molar-refractivity contribution in [1.29, 1.82) is 0 Å². The molecule has 1 heterocycles. The van der Waals surface area contributed by atoms with Crippen molar-refractivity contribution in [2.24, 2.45) is 0 Å². The predicted molar refractivity (Wildman–Crippen MR) is 82.0 cm³/mol. The Morgan fingerprint density at radius 2 is 1.60 bits per heavy atom. The summed E-state index contributed by atoms with van der Waals surface area (Å²) in [6, 6.07) is 0. The first-order chi connectivity index (χ1) is 9.70. The predicted octanol–water partition coefficient (Wildman–Crippen LogP) is 1.62. The fourth-order valence-corrected chi connectivity index (χ4v) is 1.89. The van der Waals surface area contributed by atoms with Gasteiger partial charge in [-0.15, -0.1) is 0 Å². The summed E-state index contributed by atoms with van der Waals surface area (Å²) in [7, 11) is 3.45. The zero-order valence-corrected chi connectivity index (χ0v) is 13.7. The lowest BCUT2D eigenvalue weighted by atomic mass is 10.1. The van der Waals surface area contributed by atoms with Gasteiger partial charge in [0.15, 0.2) is 0 Å². The quantitative estimate of drug-likeness (QED) is 0.637. The van der Waals surface area contributed by atoms with Gasteiger partial charge in [0.1, 0.15) is 6.61 Å². The summed E-state index contributed by atoms with van der Waals surface area (Å²) in [4.78, 5) is 15.2. The lowest BCUT2D eigenvalue weighted by Gasteiger charge is -2.26. The summed E-state index contributed by atoms with van der Waals surface area (Å²) in [5, 5.41) is 0. The van der Waals surface area contributed by atoms with Gasteiger partial charge in [-0.05, 0) is 25.9 Å². The number of carbonyl (C=O) groups is 1. The van der Waals surface area contributed by atoms with Gasteiger partial charge < -0.3 is 19.3 Å². The molecule has 0 aromatic carbocycles. The summed E-state index contributed by atoms with van der Waals surface area (Å²) >= 11 is 0. The Kier molecular flexibility index (Phi) is 12.9. The fourth-order valence-electron chi connectivity index (χ4n) is 1.89. The summed E-state index contributed by atoms with van der Waals surface area (Å²) in [5.41, 5.74) is 0. The number of nitrogens with zero attached hydrogens (tertiary/aromatic N) is 2. The molecule has 1 aliphatic heterocycles. The molecular weight excluding hydrogens is 256 g/mol. The third-order valence-corrected chi connectivity index (χ3v) is 3.10. The minimum atomic E-state index is -0.0108. The number of piperidine rings is 1. The van der Waals surface area contributed by atoms with Crippen molar-refractivity contribution in [2.75, 3.05) is 60.2 Å². The molecular formula is C15H32N2O3. The molecule has 0 aromatic rings. The first kappa shape index (κ1) is 19.4. The molecule has 0 spiro atoms. The highest BCUT2D eigenvalue weighted by molar-refractivity contribution is 5.76. The van der Waals surface area contributed by atoms with E-state index in [1.54, 1.807) is 14.1 Å². The minimum Gasteiger partial charge on any atom is -0.378 e. The van der Waals surface area contributed by atoms with E-state index in [1.807, 2.05) is 13.8 Å². The van der Waals surface area contributed by atoms with E-state index < -0.39 is 0 Å². The van der Waals surface area contributed by atoms with Gasteiger partial charge in [-0.1, -0.05) is 20.3 Å². The molecule has 0 radical (unpaired) electrons. The number of ether oxygens (including phenoxy) is 2. The molecule has 120 valence electrons. The van der Waals surface area contributed by atoms with E-state index in [4.69, 9.17) is 9.47 Å². The average Bonchev–Trinajstić information content (AvgIpc) is 2.49. The van der Waals surface area contributed by atoms with Crippen molar-refractivity contribution < 1.29 is 14.3 Å². The molecule has 1 aliphatic rings. The zero-order chi connectivity index (χ0) is 15.2. The van der Waals surface area contributed by atoms with Crippen LogP contribution >= 0.6 is 0 Å². The van der Waals surface area contributed by atoms with Crippen LogP contribution in [0.2, 0.25) is 0 Å². The van der Waals surface area contributed by atoms with Gasteiger partial charge in [0, 0.05) is 20.6 Å². The molecule has 0 unspecified atom stereocenters. The van der Waals surface area contributed by atoms with Crippen LogP contribution in [-0.2, 0) is 14.3 Å². The molecule has 5 nitrogen and oxygen atoms in total. The smallest absolute Gasteiger partial charge is 0.248 e. The number of carbonyl (C=O) groups excluding carboxylic acids is 1. The van der Waals surface area contributed by atoms with Crippen LogP contribution in [-0.4, -0.2) is 75.9 Å². The van der Waals surface area contributed by atoms with E-state index in [0.717, 1.165) is 13.2 Å². The van der Waals surface area contributed by atoms with E-state index in [2.05, 4.69) is 4.90 Å². The van der Waals surface area contributed by atoms with Crippen molar-refractivity contribution in [3.05, 3.63) is 0 Å².